The number of carbonyl (C=O) groups excluding carboxylic acids is 1. The largest absolute Gasteiger partial charge is 0.353 e. The Balaban J connectivity index is 1.27. The van der Waals surface area contributed by atoms with Gasteiger partial charge in [-0.15, -0.1) is 0 Å². The molecule has 2 aliphatic rings. The molecule has 208 valence electrons. The van der Waals surface area contributed by atoms with E-state index in [9.17, 15) is 4.79 Å². The van der Waals surface area contributed by atoms with Crippen LogP contribution in [0, 0.1) is 0 Å². The topological polar surface area (TPSA) is 124 Å². The van der Waals surface area contributed by atoms with Gasteiger partial charge in [0.05, 0.1) is 17.1 Å². The number of piperazine rings is 1. The van der Waals surface area contributed by atoms with Gasteiger partial charge in [0.25, 0.3) is 5.91 Å². The zero-order chi connectivity index (χ0) is 28.1. The van der Waals surface area contributed by atoms with Crippen molar-refractivity contribution >= 4 is 34.3 Å². The number of hydrogen-bond donors (Lipinski definition) is 2. The number of fused-ring (bicyclic) bond motifs is 2. The number of nitrogens with one attached hydrogen (secondary N) is 2. The van der Waals surface area contributed by atoms with Gasteiger partial charge in [-0.05, 0) is 75.0 Å². The number of aromatic nitrogens is 7. The molecule has 4 aromatic rings. The number of amides is 1. The summed E-state index contributed by atoms with van der Waals surface area (Å²) >= 11 is 0. The van der Waals surface area contributed by atoms with Gasteiger partial charge in [0, 0.05) is 60.8 Å². The Bertz CT molecular complexity index is 1590. The van der Waals surface area contributed by atoms with Crippen molar-refractivity contribution in [3.8, 4) is 11.3 Å². The fraction of sp³-hybridized carbons (Fsp3) is 0.429. The molecular weight excluding hydrogens is 506 g/mol. The van der Waals surface area contributed by atoms with Crippen LogP contribution < -0.4 is 15.1 Å². The number of benzene rings is 1. The third kappa shape index (κ3) is 4.28. The van der Waals surface area contributed by atoms with E-state index in [1.807, 2.05) is 56.3 Å². The summed E-state index contributed by atoms with van der Waals surface area (Å²) < 4.78 is 1.66. The molecule has 0 spiro atoms. The van der Waals surface area contributed by atoms with Gasteiger partial charge < -0.3 is 15.1 Å². The molecule has 3 aromatic heterocycles. The van der Waals surface area contributed by atoms with E-state index in [4.69, 9.17) is 4.98 Å². The van der Waals surface area contributed by atoms with Crippen molar-refractivity contribution in [2.24, 2.45) is 0 Å². The minimum Gasteiger partial charge on any atom is -0.353 e. The maximum absolute atomic E-state index is 13.5. The normalized spacial score (nSPS) is 21.7. The van der Waals surface area contributed by atoms with Crippen molar-refractivity contribution in [2.45, 2.75) is 52.7 Å². The average molecular weight is 542 g/mol. The lowest BCUT2D eigenvalue weighted by Crippen LogP contribution is -2.56. The summed E-state index contributed by atoms with van der Waals surface area (Å²) in [5.74, 6) is 1.37. The van der Waals surface area contributed by atoms with Crippen LogP contribution in [0.2, 0.25) is 0 Å². The number of rotatable bonds is 5. The molecule has 0 bridgehead atoms. The SMILES string of the molecule is CCN1[C@H](C)CN(c2cc(-c3n[nH]c4ccc(NC(=O)C5=C(C)N(C)c6nnnn6[C@H]5C)cc34)ccn2)C[C@@H]1C. The first kappa shape index (κ1) is 25.9. The number of carbonyl (C=O) groups is 1. The standard InChI is InChI=1S/C28H35N11O/c1-7-38-16(2)14-37(15-17(38)3)24-12-20(10-11-29-24)26-22-13-21(8-9-23(22)31-32-26)30-27(40)25-18(4)36(6)28-33-34-35-39(28)19(25)5/h8-13,16-17,19H,7,14-15H2,1-6H3,(H,30,40)(H,31,32)/t16-,17+,19-/m0/s1. The molecule has 1 saturated heterocycles. The van der Waals surface area contributed by atoms with Crippen molar-refractivity contribution in [3.05, 3.63) is 47.8 Å². The van der Waals surface area contributed by atoms with Crippen LogP contribution >= 0.6 is 0 Å². The number of allylic oxidation sites excluding steroid dienone is 1. The third-order valence-electron chi connectivity index (χ3n) is 8.33. The molecule has 12 nitrogen and oxygen atoms in total. The zero-order valence-corrected chi connectivity index (χ0v) is 23.8. The van der Waals surface area contributed by atoms with E-state index in [0.717, 1.165) is 53.3 Å². The van der Waals surface area contributed by atoms with Gasteiger partial charge in [-0.3, -0.25) is 14.8 Å². The van der Waals surface area contributed by atoms with E-state index >= 15 is 0 Å². The summed E-state index contributed by atoms with van der Waals surface area (Å²) in [5.41, 5.74) is 4.80. The van der Waals surface area contributed by atoms with Crippen molar-refractivity contribution in [3.63, 3.8) is 0 Å². The molecule has 0 aliphatic carbocycles. The molecule has 0 radical (unpaired) electrons. The molecule has 5 heterocycles. The second-order valence-electron chi connectivity index (χ2n) is 10.8. The van der Waals surface area contributed by atoms with Gasteiger partial charge in [-0.2, -0.15) is 5.10 Å². The maximum Gasteiger partial charge on any atom is 0.255 e. The first-order valence-corrected chi connectivity index (χ1v) is 13.8. The number of aromatic amines is 1. The van der Waals surface area contributed by atoms with Crippen LogP contribution in [0.1, 0.15) is 40.7 Å². The van der Waals surface area contributed by atoms with Crippen LogP contribution in [0.25, 0.3) is 22.2 Å². The molecular formula is C28H35N11O. The van der Waals surface area contributed by atoms with Crippen molar-refractivity contribution in [1.29, 1.82) is 0 Å². The quantitative estimate of drug-likeness (QED) is 0.391. The smallest absolute Gasteiger partial charge is 0.255 e. The predicted molar refractivity (Wildman–Crippen MR) is 155 cm³/mol. The van der Waals surface area contributed by atoms with Gasteiger partial charge in [-0.1, -0.05) is 12.0 Å². The zero-order valence-electron chi connectivity index (χ0n) is 23.8. The average Bonchev–Trinajstić information content (AvgIpc) is 3.60. The van der Waals surface area contributed by atoms with E-state index in [0.29, 0.717) is 29.3 Å². The Labute approximate surface area is 233 Å². The summed E-state index contributed by atoms with van der Waals surface area (Å²) in [6, 6.07) is 10.5. The lowest BCUT2D eigenvalue weighted by atomic mass is 10.0. The highest BCUT2D eigenvalue weighted by Gasteiger charge is 2.33. The Kier molecular flexibility index (Phi) is 6.49. The minimum atomic E-state index is -0.297. The predicted octanol–water partition coefficient (Wildman–Crippen LogP) is 3.45. The van der Waals surface area contributed by atoms with E-state index in [1.54, 1.807) is 4.68 Å². The van der Waals surface area contributed by atoms with E-state index < -0.39 is 0 Å². The molecule has 0 saturated carbocycles. The molecule has 1 amide bonds. The summed E-state index contributed by atoms with van der Waals surface area (Å²) in [6.07, 6.45) is 1.85. The number of nitrogens with zero attached hydrogens (tertiary/aromatic N) is 9. The van der Waals surface area contributed by atoms with Crippen molar-refractivity contribution in [2.75, 3.05) is 41.8 Å². The molecule has 1 fully saturated rings. The molecule has 12 heteroatoms. The van der Waals surface area contributed by atoms with Crippen molar-refractivity contribution in [1.82, 2.24) is 40.3 Å². The summed E-state index contributed by atoms with van der Waals surface area (Å²) in [4.78, 5) is 24.9. The monoisotopic (exact) mass is 541 g/mol. The molecule has 2 N–H and O–H groups in total. The fourth-order valence-electron chi connectivity index (χ4n) is 6.19. The van der Waals surface area contributed by atoms with Crippen LogP contribution in [0.15, 0.2) is 47.8 Å². The minimum absolute atomic E-state index is 0.192. The van der Waals surface area contributed by atoms with E-state index in [2.05, 4.69) is 67.7 Å². The molecule has 40 heavy (non-hydrogen) atoms. The highest BCUT2D eigenvalue weighted by Crippen LogP contribution is 2.34. The number of H-pyrrole nitrogens is 1. The molecule has 1 aromatic carbocycles. The second kappa shape index (κ2) is 10.0. The highest BCUT2D eigenvalue weighted by molar-refractivity contribution is 6.07. The Morgan fingerprint density at radius 1 is 1.12 bits per heavy atom. The number of tetrazole rings is 1. The lowest BCUT2D eigenvalue weighted by molar-refractivity contribution is -0.113. The number of likely N-dealkylation sites (N-methyl/N-ethyl adjacent to an activating group) is 1. The Hall–Kier alpha value is -4.32. The lowest BCUT2D eigenvalue weighted by Gasteiger charge is -2.44. The van der Waals surface area contributed by atoms with Gasteiger partial charge >= 0.3 is 0 Å². The first-order chi connectivity index (χ1) is 19.3. The van der Waals surface area contributed by atoms with Gasteiger partial charge in [-0.25, -0.2) is 9.67 Å². The molecule has 0 unspecified atom stereocenters. The highest BCUT2D eigenvalue weighted by atomic mass is 16.1. The number of pyridine rings is 1. The second-order valence-corrected chi connectivity index (χ2v) is 10.8. The third-order valence-corrected chi connectivity index (χ3v) is 8.33. The maximum atomic E-state index is 13.5. The van der Waals surface area contributed by atoms with Gasteiger partial charge in [0.2, 0.25) is 5.95 Å². The molecule has 6 rings (SSSR count). The number of anilines is 3. The molecule has 2 aliphatic heterocycles. The summed E-state index contributed by atoms with van der Waals surface area (Å²) in [7, 11) is 1.86. The summed E-state index contributed by atoms with van der Waals surface area (Å²) in [5, 5.41) is 23.7. The fourth-order valence-corrected chi connectivity index (χ4v) is 6.19. The van der Waals surface area contributed by atoms with Gasteiger partial charge in [0.1, 0.15) is 11.5 Å². The van der Waals surface area contributed by atoms with Crippen LogP contribution in [0.5, 0.6) is 0 Å². The van der Waals surface area contributed by atoms with Crippen LogP contribution in [-0.4, -0.2) is 85.0 Å². The first-order valence-electron chi connectivity index (χ1n) is 13.8. The summed E-state index contributed by atoms with van der Waals surface area (Å²) in [6.45, 7) is 13.5. The Morgan fingerprint density at radius 2 is 1.90 bits per heavy atom. The van der Waals surface area contributed by atoms with Crippen LogP contribution in [0.4, 0.5) is 17.5 Å². The Morgan fingerprint density at radius 3 is 2.65 bits per heavy atom. The van der Waals surface area contributed by atoms with Crippen LogP contribution in [0.3, 0.4) is 0 Å². The number of hydrogen-bond acceptors (Lipinski definition) is 9. The van der Waals surface area contributed by atoms with Crippen LogP contribution in [-0.2, 0) is 4.79 Å². The van der Waals surface area contributed by atoms with Gasteiger partial charge in [0.15, 0.2) is 0 Å². The van der Waals surface area contributed by atoms with E-state index in [1.165, 1.54) is 0 Å². The van der Waals surface area contributed by atoms with Crippen molar-refractivity contribution < 1.29 is 4.79 Å². The molecule has 3 atom stereocenters. The van der Waals surface area contributed by atoms with E-state index in [-0.39, 0.29) is 11.9 Å².